The Bertz CT molecular complexity index is 2030. The fourth-order valence-electron chi connectivity index (χ4n) is 6.58. The molecule has 2 aromatic rings. The average Bonchev–Trinajstić information content (AvgIpc) is 3.89. The van der Waals surface area contributed by atoms with Crippen LogP contribution < -0.4 is 0 Å². The van der Waals surface area contributed by atoms with Gasteiger partial charge in [-0.15, -0.1) is 46.2 Å². The standard InChI is InChI=1S/C26H40BrNO4S2.C26H38BrNO4S2/c2*1-17(9-8-10-18(2)14-29)11-12-23(19(3)13-22-15-33-21(5)28-22)32-24(30)16-34-26(6,7)25(31)20(4)27/h11,13,15,18,20,23,29H,8-10,12,14,16H2,1-7H3;11,13-15,18,20,23H,8-10,12,16H2,1-7H3/b2*17-11-,19-13+/t2*18-,20?,23-/m00/s1. The van der Waals surface area contributed by atoms with Crippen LogP contribution in [0.4, 0.5) is 0 Å². The number of ether oxygens (including phenoxy) is 2. The number of carbonyl (C=O) groups is 5. The topological polar surface area (TPSA) is 150 Å². The first kappa shape index (κ1) is 63.8. The van der Waals surface area contributed by atoms with Gasteiger partial charge in [-0.1, -0.05) is 69.0 Å². The number of Topliss-reactive ketones (excluding diaryl/α,β-unsaturated/α-hetero) is 2. The second-order valence-corrected chi connectivity index (χ2v) is 26.7. The summed E-state index contributed by atoms with van der Waals surface area (Å²) in [5.74, 6) is 0.0210. The number of ketones is 2. The third-order valence-electron chi connectivity index (χ3n) is 11.0. The predicted octanol–water partition coefficient (Wildman–Crippen LogP) is 13.7. The van der Waals surface area contributed by atoms with Crippen LogP contribution in [0, 0.1) is 25.7 Å². The Balaban J connectivity index is 0.000000680. The van der Waals surface area contributed by atoms with E-state index < -0.39 is 21.7 Å². The summed E-state index contributed by atoms with van der Waals surface area (Å²) in [6.07, 6.45) is 15.2. The number of esters is 2. The number of aryl methyl sites for hydroxylation is 2. The third kappa shape index (κ3) is 26.3. The fraction of sp³-hybridized carbons (Fsp3) is 0.635. The normalized spacial score (nSPS) is 15.6. The Labute approximate surface area is 441 Å². The summed E-state index contributed by atoms with van der Waals surface area (Å²) in [7, 11) is 0. The monoisotopic (exact) mass is 1140 g/mol. The smallest absolute Gasteiger partial charge is 0.316 e. The van der Waals surface area contributed by atoms with Crippen LogP contribution in [0.25, 0.3) is 12.2 Å². The van der Waals surface area contributed by atoms with Gasteiger partial charge in [0.2, 0.25) is 0 Å². The van der Waals surface area contributed by atoms with Crippen molar-refractivity contribution in [3.05, 3.63) is 66.6 Å². The van der Waals surface area contributed by atoms with Gasteiger partial charge in [0.05, 0.1) is 52.1 Å². The van der Waals surface area contributed by atoms with Gasteiger partial charge >= 0.3 is 11.9 Å². The molecule has 0 bridgehead atoms. The number of aliphatic hydroxyl groups is 1. The van der Waals surface area contributed by atoms with Crippen molar-refractivity contribution in [2.75, 3.05) is 18.1 Å². The summed E-state index contributed by atoms with van der Waals surface area (Å²) < 4.78 is 10.4. The van der Waals surface area contributed by atoms with Gasteiger partial charge in [-0.2, -0.15) is 0 Å². The van der Waals surface area contributed by atoms with E-state index in [1.54, 1.807) is 36.5 Å². The summed E-state index contributed by atoms with van der Waals surface area (Å²) >= 11 is 12.4. The highest BCUT2D eigenvalue weighted by molar-refractivity contribution is 9.10. The first-order valence-electron chi connectivity index (χ1n) is 23.3. The minimum Gasteiger partial charge on any atom is -0.457 e. The van der Waals surface area contributed by atoms with E-state index in [-0.39, 0.29) is 57.2 Å². The maximum absolute atomic E-state index is 12.7. The molecule has 0 amide bonds. The lowest BCUT2D eigenvalue weighted by atomic mass is 10.0. The van der Waals surface area contributed by atoms with E-state index in [2.05, 4.69) is 67.8 Å². The molecule has 0 radical (unpaired) electrons. The van der Waals surface area contributed by atoms with Crippen LogP contribution >= 0.6 is 78.1 Å². The second-order valence-electron chi connectivity index (χ2n) is 18.6. The molecule has 0 fully saturated rings. The van der Waals surface area contributed by atoms with Crippen molar-refractivity contribution < 1.29 is 38.6 Å². The quantitative estimate of drug-likeness (QED) is 0.0343. The molecule has 6 atom stereocenters. The maximum atomic E-state index is 12.7. The fourth-order valence-corrected chi connectivity index (χ4v) is 10.9. The van der Waals surface area contributed by atoms with Crippen molar-refractivity contribution in [1.29, 1.82) is 0 Å². The molecule has 382 valence electrons. The number of alkyl halides is 2. The van der Waals surface area contributed by atoms with Crippen LogP contribution in [0.15, 0.2) is 45.2 Å². The van der Waals surface area contributed by atoms with Gasteiger partial charge in [-0.3, -0.25) is 19.2 Å². The maximum Gasteiger partial charge on any atom is 0.316 e. The molecule has 0 spiro atoms. The molecule has 0 aliphatic rings. The lowest BCUT2D eigenvalue weighted by Gasteiger charge is -2.24. The van der Waals surface area contributed by atoms with Crippen molar-refractivity contribution in [3.63, 3.8) is 0 Å². The summed E-state index contributed by atoms with van der Waals surface area (Å²) in [6, 6.07) is 0. The number of aromatic nitrogens is 2. The van der Waals surface area contributed by atoms with E-state index in [4.69, 9.17) is 9.47 Å². The van der Waals surface area contributed by atoms with Crippen LogP contribution in [0.2, 0.25) is 0 Å². The first-order valence-corrected chi connectivity index (χ1v) is 28.9. The molecule has 68 heavy (non-hydrogen) atoms. The van der Waals surface area contributed by atoms with Crippen LogP contribution in [0.1, 0.15) is 156 Å². The Morgan fingerprint density at radius 1 is 0.706 bits per heavy atom. The van der Waals surface area contributed by atoms with Gasteiger partial charge in [-0.25, -0.2) is 9.97 Å². The molecule has 1 N–H and O–H groups in total. The second kappa shape index (κ2) is 32.7. The van der Waals surface area contributed by atoms with Crippen LogP contribution in [0.3, 0.4) is 0 Å². The van der Waals surface area contributed by atoms with Crippen molar-refractivity contribution in [1.82, 2.24) is 9.97 Å². The number of halogens is 2. The van der Waals surface area contributed by atoms with Crippen molar-refractivity contribution in [2.24, 2.45) is 11.8 Å². The minimum atomic E-state index is -0.685. The molecule has 0 aliphatic heterocycles. The molecular weight excluding hydrogens is 1070 g/mol. The molecule has 2 heterocycles. The van der Waals surface area contributed by atoms with E-state index in [1.165, 1.54) is 34.7 Å². The molecule has 0 saturated carbocycles. The molecular formula is C52H78Br2N2O8S4. The molecule has 0 aliphatic carbocycles. The van der Waals surface area contributed by atoms with E-state index in [1.807, 2.05) is 92.1 Å². The highest BCUT2D eigenvalue weighted by atomic mass is 79.9. The minimum absolute atomic E-state index is 0.0410. The largest absolute Gasteiger partial charge is 0.457 e. The van der Waals surface area contributed by atoms with Gasteiger partial charge in [-0.05, 0) is 151 Å². The third-order valence-corrected chi connectivity index (χ3v) is 16.0. The number of nitrogens with zero attached hydrogens (tertiary/aromatic N) is 2. The van der Waals surface area contributed by atoms with Crippen molar-refractivity contribution in [3.8, 4) is 0 Å². The number of rotatable bonds is 30. The van der Waals surface area contributed by atoms with Gasteiger partial charge in [0.25, 0.3) is 0 Å². The zero-order valence-corrected chi connectivity index (χ0v) is 49.3. The Kier molecular flexibility index (Phi) is 30.7. The van der Waals surface area contributed by atoms with E-state index in [9.17, 15) is 29.1 Å². The van der Waals surface area contributed by atoms with Crippen molar-refractivity contribution >= 4 is 120 Å². The number of carbonyl (C=O) groups excluding carboxylic acids is 5. The predicted molar refractivity (Wildman–Crippen MR) is 297 cm³/mol. The summed E-state index contributed by atoms with van der Waals surface area (Å²) in [6.45, 7) is 27.1. The Hall–Kier alpha value is -2.21. The van der Waals surface area contributed by atoms with E-state index in [0.29, 0.717) is 18.8 Å². The number of aldehydes is 1. The highest BCUT2D eigenvalue weighted by Gasteiger charge is 2.33. The average molecular weight is 1150 g/mol. The molecule has 16 heteroatoms. The first-order chi connectivity index (χ1) is 31.7. The number of thiazole rings is 2. The van der Waals surface area contributed by atoms with Gasteiger partial charge in [0.1, 0.15) is 18.5 Å². The van der Waals surface area contributed by atoms with E-state index >= 15 is 0 Å². The molecule has 2 aromatic heterocycles. The van der Waals surface area contributed by atoms with Crippen molar-refractivity contribution in [2.45, 2.75) is 180 Å². The zero-order chi connectivity index (χ0) is 51.8. The highest BCUT2D eigenvalue weighted by Crippen LogP contribution is 2.31. The Morgan fingerprint density at radius 3 is 1.41 bits per heavy atom. The number of hydrogen-bond donors (Lipinski definition) is 1. The van der Waals surface area contributed by atoms with Gasteiger partial charge in [0.15, 0.2) is 11.6 Å². The van der Waals surface area contributed by atoms with Gasteiger partial charge < -0.3 is 19.4 Å². The molecule has 0 saturated heterocycles. The number of allylic oxidation sites excluding steroid dienone is 2. The van der Waals surface area contributed by atoms with Crippen LogP contribution in [0.5, 0.6) is 0 Å². The summed E-state index contributed by atoms with van der Waals surface area (Å²) in [5, 5.41) is 15.1. The SMILES string of the molecule is C/C(=C/C[C@H](OC(=O)CSC(C)(C)C(=O)C(C)Br)/C(C)=C/c1csc(C)n1)CCC[C@H](C)C=O.C/C(=C/C[C@H](OC(=O)CSC(C)(C)C(=O)C(C)Br)/C(C)=C/c1csc(C)n1)CCC[C@H](C)CO. The summed E-state index contributed by atoms with van der Waals surface area (Å²) in [5.41, 5.74) is 6.04. The Morgan fingerprint density at radius 2 is 1.09 bits per heavy atom. The van der Waals surface area contributed by atoms with Gasteiger partial charge in [0, 0.05) is 36.1 Å². The number of hydrogen-bond acceptors (Lipinski definition) is 14. The molecule has 2 rings (SSSR count). The number of thioether (sulfide) groups is 2. The molecule has 2 unspecified atom stereocenters. The molecule has 0 aromatic carbocycles. The zero-order valence-electron chi connectivity index (χ0n) is 42.9. The molecule has 10 nitrogen and oxygen atoms in total. The number of aliphatic hydroxyl groups excluding tert-OH is 1. The van der Waals surface area contributed by atoms with E-state index in [0.717, 1.165) is 77.4 Å². The van der Waals surface area contributed by atoms with Crippen LogP contribution in [-0.2, 0) is 33.4 Å². The van der Waals surface area contributed by atoms with Crippen LogP contribution in [-0.4, -0.2) is 94.3 Å². The lowest BCUT2D eigenvalue weighted by molar-refractivity contribution is -0.144. The lowest BCUT2D eigenvalue weighted by Crippen LogP contribution is -2.34. The summed E-state index contributed by atoms with van der Waals surface area (Å²) in [4.78, 5) is 69.5.